The van der Waals surface area contributed by atoms with Gasteiger partial charge in [-0.2, -0.15) is 0 Å². The molecule has 4 aromatic rings. The van der Waals surface area contributed by atoms with Crippen molar-refractivity contribution in [1.29, 1.82) is 0 Å². The van der Waals surface area contributed by atoms with Crippen LogP contribution in [0.4, 0.5) is 0 Å². The number of hydrogen-bond acceptors (Lipinski definition) is 8. The molecule has 2 aromatic heterocycles. The van der Waals surface area contributed by atoms with Gasteiger partial charge in [-0.1, -0.05) is 23.4 Å². The van der Waals surface area contributed by atoms with Gasteiger partial charge in [0.2, 0.25) is 0 Å². The largest absolute Gasteiger partial charge is 0.494 e. The highest BCUT2D eigenvalue weighted by Crippen LogP contribution is 2.27. The summed E-state index contributed by atoms with van der Waals surface area (Å²) in [6, 6.07) is 14.5. The molecule has 0 atom stereocenters. The number of aryl methyl sites for hydroxylation is 2. The predicted molar refractivity (Wildman–Crippen MR) is 150 cm³/mol. The number of esters is 1. The van der Waals surface area contributed by atoms with Crippen molar-refractivity contribution in [2.75, 3.05) is 19.0 Å². The van der Waals surface area contributed by atoms with Crippen molar-refractivity contribution in [3.05, 3.63) is 81.9 Å². The van der Waals surface area contributed by atoms with Crippen molar-refractivity contribution in [2.24, 2.45) is 0 Å². The molecule has 0 aliphatic rings. The van der Waals surface area contributed by atoms with E-state index < -0.39 is 5.97 Å². The lowest BCUT2D eigenvalue weighted by Crippen LogP contribution is -2.13. The number of H-pyrrole nitrogens is 1. The van der Waals surface area contributed by atoms with Crippen molar-refractivity contribution in [3.63, 3.8) is 0 Å². The number of carbonyl (C=O) groups excluding carboxylic acids is 2. The Morgan fingerprint density at radius 2 is 1.54 bits per heavy atom. The van der Waals surface area contributed by atoms with Crippen LogP contribution in [-0.4, -0.2) is 50.5 Å². The van der Waals surface area contributed by atoms with Crippen LogP contribution in [0.5, 0.6) is 11.5 Å². The smallest absolute Gasteiger partial charge is 0.340 e. The molecule has 0 saturated carbocycles. The molecule has 0 aliphatic carbocycles. The molecule has 204 valence electrons. The molecule has 1 N–H and O–H groups in total. The first-order chi connectivity index (χ1) is 18.8. The fraction of sp³-hybridized carbons (Fsp3) is 0.286. The number of ether oxygens (including phenoxy) is 3. The van der Waals surface area contributed by atoms with E-state index in [9.17, 15) is 9.59 Å². The zero-order valence-corrected chi connectivity index (χ0v) is 23.7. The van der Waals surface area contributed by atoms with Crippen LogP contribution >= 0.6 is 23.4 Å². The lowest BCUT2D eigenvalue weighted by molar-refractivity contribution is 0.0522. The van der Waals surface area contributed by atoms with E-state index in [2.05, 4.69) is 15.2 Å². The number of aromatic amines is 1. The molecule has 0 unspecified atom stereocenters. The monoisotopic (exact) mass is 568 g/mol. The van der Waals surface area contributed by atoms with E-state index in [1.165, 1.54) is 11.8 Å². The summed E-state index contributed by atoms with van der Waals surface area (Å²) in [5.74, 6) is 1.25. The number of aromatic nitrogens is 4. The number of ketones is 1. The van der Waals surface area contributed by atoms with Gasteiger partial charge in [-0.25, -0.2) is 4.79 Å². The fourth-order valence-electron chi connectivity index (χ4n) is 4.07. The molecule has 0 radical (unpaired) electrons. The second kappa shape index (κ2) is 12.9. The Morgan fingerprint density at radius 3 is 2.18 bits per heavy atom. The van der Waals surface area contributed by atoms with Crippen LogP contribution in [0.1, 0.15) is 51.8 Å². The number of hydrogen-bond donors (Lipinski definition) is 1. The summed E-state index contributed by atoms with van der Waals surface area (Å²) in [5, 5.41) is 9.76. The van der Waals surface area contributed by atoms with Gasteiger partial charge in [-0.05, 0) is 76.2 Å². The maximum absolute atomic E-state index is 13.3. The van der Waals surface area contributed by atoms with Gasteiger partial charge in [0.1, 0.15) is 18.1 Å². The summed E-state index contributed by atoms with van der Waals surface area (Å²) >= 11 is 7.33. The minimum atomic E-state index is -0.522. The van der Waals surface area contributed by atoms with Gasteiger partial charge >= 0.3 is 5.97 Å². The molecule has 0 fully saturated rings. The number of halogens is 1. The molecule has 0 spiro atoms. The van der Waals surface area contributed by atoms with Crippen LogP contribution in [0.3, 0.4) is 0 Å². The zero-order chi connectivity index (χ0) is 27.9. The highest BCUT2D eigenvalue weighted by atomic mass is 35.5. The van der Waals surface area contributed by atoms with E-state index in [0.29, 0.717) is 45.3 Å². The third-order valence-electron chi connectivity index (χ3n) is 5.75. The van der Waals surface area contributed by atoms with Gasteiger partial charge in [0.15, 0.2) is 16.8 Å². The third-order valence-corrected chi connectivity index (χ3v) is 6.93. The van der Waals surface area contributed by atoms with Gasteiger partial charge in [0.05, 0.1) is 30.1 Å². The molecular weight excluding hydrogens is 540 g/mol. The molecule has 2 heterocycles. The van der Waals surface area contributed by atoms with E-state index in [-0.39, 0.29) is 30.3 Å². The summed E-state index contributed by atoms with van der Waals surface area (Å²) in [7, 11) is 0. The molecule has 4 rings (SSSR count). The molecule has 39 heavy (non-hydrogen) atoms. The van der Waals surface area contributed by atoms with E-state index >= 15 is 0 Å². The zero-order valence-electron chi connectivity index (χ0n) is 22.1. The number of rotatable bonds is 12. The van der Waals surface area contributed by atoms with Gasteiger partial charge in [0, 0.05) is 22.1 Å². The first-order valence-electron chi connectivity index (χ1n) is 12.4. The normalized spacial score (nSPS) is 10.9. The highest BCUT2D eigenvalue weighted by molar-refractivity contribution is 7.99. The number of carbonyl (C=O) groups is 2. The second-order valence-electron chi connectivity index (χ2n) is 8.46. The van der Waals surface area contributed by atoms with Crippen LogP contribution in [0, 0.1) is 13.8 Å². The molecule has 9 nitrogen and oxygen atoms in total. The van der Waals surface area contributed by atoms with Crippen molar-refractivity contribution in [3.8, 4) is 17.2 Å². The topological polar surface area (TPSA) is 108 Å². The molecule has 0 bridgehead atoms. The third kappa shape index (κ3) is 6.63. The van der Waals surface area contributed by atoms with Gasteiger partial charge in [0.25, 0.3) is 0 Å². The van der Waals surface area contributed by atoms with E-state index in [4.69, 9.17) is 25.8 Å². The first kappa shape index (κ1) is 28.3. The quantitative estimate of drug-likeness (QED) is 0.126. The summed E-state index contributed by atoms with van der Waals surface area (Å²) in [6.07, 6.45) is 0. The number of Topliss-reactive ketones (excluding diaryl/α,β-unsaturated/α-hetero) is 1. The van der Waals surface area contributed by atoms with Crippen LogP contribution in [0.25, 0.3) is 5.69 Å². The van der Waals surface area contributed by atoms with Crippen molar-refractivity contribution < 1.29 is 23.8 Å². The summed E-state index contributed by atoms with van der Waals surface area (Å²) < 4.78 is 18.4. The number of nitrogens with one attached hydrogen (secondary N) is 1. The maximum atomic E-state index is 13.3. The number of benzene rings is 2. The Labute approximate surface area is 235 Å². The van der Waals surface area contributed by atoms with Crippen LogP contribution in [0.2, 0.25) is 5.02 Å². The standard InChI is InChI=1S/C28H29ClN4O5S/c1-5-36-21-11-13-22(14-12-21)38-15-24-31-32-28(33(24)20-9-7-19(29)8-10-20)39-16-23(34)25-17(3)30-18(4)26(25)27(35)37-6-2/h7-14,30H,5-6,15-16H2,1-4H3. The molecule has 11 heteroatoms. The Balaban J connectivity index is 1.57. The molecule has 0 amide bonds. The number of thioether (sulfide) groups is 1. The van der Waals surface area contributed by atoms with E-state index in [1.807, 2.05) is 47.9 Å². The first-order valence-corrected chi connectivity index (χ1v) is 13.8. The average Bonchev–Trinajstić information content (AvgIpc) is 3.46. The summed E-state index contributed by atoms with van der Waals surface area (Å²) in [6.45, 7) is 8.11. The Hall–Kier alpha value is -3.76. The Kier molecular flexibility index (Phi) is 9.32. The average molecular weight is 569 g/mol. The number of nitrogens with zero attached hydrogens (tertiary/aromatic N) is 3. The van der Waals surface area contributed by atoms with E-state index in [1.54, 1.807) is 32.9 Å². The molecule has 0 aliphatic heterocycles. The minimum absolute atomic E-state index is 0.0377. The van der Waals surface area contributed by atoms with Gasteiger partial charge in [-0.15, -0.1) is 10.2 Å². The molecule has 2 aromatic carbocycles. The van der Waals surface area contributed by atoms with Gasteiger partial charge < -0.3 is 19.2 Å². The maximum Gasteiger partial charge on any atom is 0.340 e. The van der Waals surface area contributed by atoms with Crippen LogP contribution in [0.15, 0.2) is 53.7 Å². The lowest BCUT2D eigenvalue weighted by atomic mass is 10.1. The Morgan fingerprint density at radius 1 is 0.897 bits per heavy atom. The van der Waals surface area contributed by atoms with Crippen LogP contribution < -0.4 is 9.47 Å². The van der Waals surface area contributed by atoms with Gasteiger partial charge in [-0.3, -0.25) is 9.36 Å². The summed E-state index contributed by atoms with van der Waals surface area (Å²) in [4.78, 5) is 28.9. The lowest BCUT2D eigenvalue weighted by Gasteiger charge is -2.12. The highest BCUT2D eigenvalue weighted by Gasteiger charge is 2.26. The second-order valence-corrected chi connectivity index (χ2v) is 9.84. The van der Waals surface area contributed by atoms with Crippen molar-refractivity contribution in [2.45, 2.75) is 39.5 Å². The predicted octanol–water partition coefficient (Wildman–Crippen LogP) is 6.00. The van der Waals surface area contributed by atoms with Crippen molar-refractivity contribution >= 4 is 35.1 Å². The molecular formula is C28H29ClN4O5S. The van der Waals surface area contributed by atoms with Crippen LogP contribution in [-0.2, 0) is 11.3 Å². The Bertz CT molecular complexity index is 1450. The minimum Gasteiger partial charge on any atom is -0.494 e. The van der Waals surface area contributed by atoms with E-state index in [0.717, 1.165) is 11.4 Å². The van der Waals surface area contributed by atoms with Crippen molar-refractivity contribution in [1.82, 2.24) is 19.7 Å². The SMILES string of the molecule is CCOC(=O)c1c(C)[nH]c(C)c1C(=O)CSc1nnc(COc2ccc(OCC)cc2)n1-c1ccc(Cl)cc1. The fourth-order valence-corrected chi connectivity index (χ4v) is 5.04. The summed E-state index contributed by atoms with van der Waals surface area (Å²) in [5.41, 5.74) is 2.58. The molecule has 0 saturated heterocycles.